The molecule has 3 rings (SSSR count). The zero-order chi connectivity index (χ0) is 19.4. The second-order valence-electron chi connectivity index (χ2n) is 6.32. The lowest BCUT2D eigenvalue weighted by Gasteiger charge is -2.30. The maximum Gasteiger partial charge on any atom is 0.257 e. The van der Waals surface area contributed by atoms with Gasteiger partial charge in [0.05, 0.1) is 12.2 Å². The lowest BCUT2D eigenvalue weighted by atomic mass is 9.98. The highest BCUT2D eigenvalue weighted by Gasteiger charge is 2.30. The van der Waals surface area contributed by atoms with E-state index in [1.54, 1.807) is 35.8 Å². The smallest absolute Gasteiger partial charge is 0.257 e. The molecule has 2 amide bonds. The summed E-state index contributed by atoms with van der Waals surface area (Å²) in [5, 5.41) is 7.77. The van der Waals surface area contributed by atoms with Crippen LogP contribution in [0.4, 0.5) is 10.8 Å². The van der Waals surface area contributed by atoms with Gasteiger partial charge in [-0.15, -0.1) is 11.3 Å². The van der Waals surface area contributed by atoms with E-state index in [-0.39, 0.29) is 24.3 Å². The quantitative estimate of drug-likeness (QED) is 0.787. The van der Waals surface area contributed by atoms with Crippen molar-refractivity contribution in [1.82, 2.24) is 9.29 Å². The Morgan fingerprint density at radius 3 is 2.59 bits per heavy atom. The van der Waals surface area contributed by atoms with Crippen LogP contribution in [-0.2, 0) is 14.8 Å². The summed E-state index contributed by atoms with van der Waals surface area (Å²) in [5.74, 6) is -0.886. The third-order valence-electron chi connectivity index (χ3n) is 4.29. The Morgan fingerprint density at radius 1 is 1.22 bits per heavy atom. The Morgan fingerprint density at radius 2 is 1.96 bits per heavy atom. The van der Waals surface area contributed by atoms with Crippen molar-refractivity contribution in [2.75, 3.05) is 30.0 Å². The molecule has 1 aromatic carbocycles. The summed E-state index contributed by atoms with van der Waals surface area (Å²) in [4.78, 5) is 28.6. The molecule has 10 heteroatoms. The van der Waals surface area contributed by atoms with Gasteiger partial charge in [-0.05, 0) is 37.1 Å². The molecule has 1 aliphatic heterocycles. The molecule has 0 radical (unpaired) electrons. The number of rotatable bonds is 5. The van der Waals surface area contributed by atoms with Gasteiger partial charge in [0.15, 0.2) is 5.13 Å². The SMILES string of the molecule is CS(=O)(=O)N1CCCC(C(=O)Nc2ccc(C(=O)Nc3nccs3)cc2)C1. The molecule has 2 aromatic rings. The number of sulfonamides is 1. The number of nitrogens with zero attached hydrogens (tertiary/aromatic N) is 2. The zero-order valence-electron chi connectivity index (χ0n) is 14.7. The van der Waals surface area contributed by atoms with E-state index in [0.29, 0.717) is 35.8 Å². The summed E-state index contributed by atoms with van der Waals surface area (Å²) < 4.78 is 24.7. The maximum atomic E-state index is 12.5. The number of aromatic nitrogens is 1. The summed E-state index contributed by atoms with van der Waals surface area (Å²) in [5.41, 5.74) is 1.01. The fourth-order valence-electron chi connectivity index (χ4n) is 2.86. The molecule has 1 unspecified atom stereocenters. The van der Waals surface area contributed by atoms with Crippen molar-refractivity contribution in [3.63, 3.8) is 0 Å². The standard InChI is InChI=1S/C17H20N4O4S2/c1-27(24,25)21-9-2-3-13(11-21)16(23)19-14-6-4-12(5-7-14)15(22)20-17-18-8-10-26-17/h4-8,10,13H,2-3,9,11H2,1H3,(H,19,23)(H,18,20,22). The summed E-state index contributed by atoms with van der Waals surface area (Å²) in [6.07, 6.45) is 4.06. The summed E-state index contributed by atoms with van der Waals surface area (Å²) in [6, 6.07) is 6.52. The number of carbonyl (C=O) groups is 2. The van der Waals surface area contributed by atoms with Crippen LogP contribution in [-0.4, -0.2) is 48.9 Å². The first-order valence-corrected chi connectivity index (χ1v) is 11.1. The third kappa shape index (κ3) is 5.12. The van der Waals surface area contributed by atoms with Gasteiger partial charge in [-0.1, -0.05) is 0 Å². The number of benzene rings is 1. The predicted molar refractivity (Wildman–Crippen MR) is 104 cm³/mol. The first-order valence-electron chi connectivity index (χ1n) is 8.40. The molecule has 2 heterocycles. The molecule has 2 N–H and O–H groups in total. The number of hydrogen-bond donors (Lipinski definition) is 2. The average Bonchev–Trinajstić information content (AvgIpc) is 3.14. The molecule has 0 aliphatic carbocycles. The van der Waals surface area contributed by atoms with Gasteiger partial charge in [-0.25, -0.2) is 17.7 Å². The van der Waals surface area contributed by atoms with Crippen LogP contribution >= 0.6 is 11.3 Å². The Hall–Kier alpha value is -2.30. The molecule has 0 bridgehead atoms. The zero-order valence-corrected chi connectivity index (χ0v) is 16.3. The van der Waals surface area contributed by atoms with E-state index in [2.05, 4.69) is 15.6 Å². The first-order chi connectivity index (χ1) is 12.8. The van der Waals surface area contributed by atoms with E-state index in [9.17, 15) is 18.0 Å². The van der Waals surface area contributed by atoms with Crippen LogP contribution in [0.5, 0.6) is 0 Å². The van der Waals surface area contributed by atoms with E-state index in [1.807, 2.05) is 0 Å². The van der Waals surface area contributed by atoms with E-state index < -0.39 is 10.0 Å². The van der Waals surface area contributed by atoms with Crippen molar-refractivity contribution < 1.29 is 18.0 Å². The molecule has 0 spiro atoms. The minimum atomic E-state index is -3.30. The van der Waals surface area contributed by atoms with Gasteiger partial charge in [0, 0.05) is 35.9 Å². The molecule has 27 heavy (non-hydrogen) atoms. The highest BCUT2D eigenvalue weighted by Crippen LogP contribution is 2.21. The van der Waals surface area contributed by atoms with Gasteiger partial charge in [0.1, 0.15) is 0 Å². The Kier molecular flexibility index (Phi) is 5.88. The Balaban J connectivity index is 1.59. The molecular formula is C17H20N4O4S2. The molecule has 1 fully saturated rings. The van der Waals surface area contributed by atoms with Gasteiger partial charge in [0.25, 0.3) is 5.91 Å². The van der Waals surface area contributed by atoms with E-state index >= 15 is 0 Å². The van der Waals surface area contributed by atoms with E-state index in [0.717, 1.165) is 6.26 Å². The number of piperidine rings is 1. The van der Waals surface area contributed by atoms with Crippen molar-refractivity contribution in [1.29, 1.82) is 0 Å². The first kappa shape index (κ1) is 19.5. The summed E-state index contributed by atoms with van der Waals surface area (Å²) in [7, 11) is -3.30. The van der Waals surface area contributed by atoms with Crippen LogP contribution in [0.1, 0.15) is 23.2 Å². The number of carbonyl (C=O) groups excluding carboxylic acids is 2. The summed E-state index contributed by atoms with van der Waals surface area (Å²) in [6.45, 7) is 0.643. The summed E-state index contributed by atoms with van der Waals surface area (Å²) >= 11 is 1.33. The number of anilines is 2. The van der Waals surface area contributed by atoms with E-state index in [1.165, 1.54) is 15.6 Å². The monoisotopic (exact) mass is 408 g/mol. The fraction of sp³-hybridized carbons (Fsp3) is 0.353. The lowest BCUT2D eigenvalue weighted by Crippen LogP contribution is -2.43. The molecule has 0 saturated carbocycles. The lowest BCUT2D eigenvalue weighted by molar-refractivity contribution is -0.120. The second kappa shape index (κ2) is 8.15. The average molecular weight is 409 g/mol. The second-order valence-corrected chi connectivity index (χ2v) is 9.20. The Labute approximate surface area is 161 Å². The minimum absolute atomic E-state index is 0.193. The number of hydrogen-bond acceptors (Lipinski definition) is 6. The number of nitrogens with one attached hydrogen (secondary N) is 2. The predicted octanol–water partition coefficient (Wildman–Crippen LogP) is 2.01. The maximum absolute atomic E-state index is 12.5. The molecular weight excluding hydrogens is 388 g/mol. The minimum Gasteiger partial charge on any atom is -0.326 e. The van der Waals surface area contributed by atoms with E-state index in [4.69, 9.17) is 0 Å². The topological polar surface area (TPSA) is 108 Å². The Bertz CT molecular complexity index is 911. The van der Waals surface area contributed by atoms with Crippen LogP contribution in [0.25, 0.3) is 0 Å². The largest absolute Gasteiger partial charge is 0.326 e. The van der Waals surface area contributed by atoms with Gasteiger partial charge >= 0.3 is 0 Å². The molecule has 1 atom stereocenters. The highest BCUT2D eigenvalue weighted by atomic mass is 32.2. The van der Waals surface area contributed by atoms with Crippen LogP contribution in [0, 0.1) is 5.92 Å². The van der Waals surface area contributed by atoms with Gasteiger partial charge in [0.2, 0.25) is 15.9 Å². The molecule has 1 saturated heterocycles. The van der Waals surface area contributed by atoms with Crippen molar-refractivity contribution in [3.8, 4) is 0 Å². The molecule has 8 nitrogen and oxygen atoms in total. The molecule has 1 aliphatic rings. The van der Waals surface area contributed by atoms with Crippen molar-refractivity contribution in [3.05, 3.63) is 41.4 Å². The van der Waals surface area contributed by atoms with Gasteiger partial charge in [-0.2, -0.15) is 0 Å². The van der Waals surface area contributed by atoms with Gasteiger partial charge < -0.3 is 5.32 Å². The molecule has 1 aromatic heterocycles. The van der Waals surface area contributed by atoms with Crippen molar-refractivity contribution in [2.45, 2.75) is 12.8 Å². The third-order valence-corrected chi connectivity index (χ3v) is 6.25. The number of amides is 2. The van der Waals surface area contributed by atoms with Crippen LogP contribution in [0.15, 0.2) is 35.8 Å². The molecule has 144 valence electrons. The van der Waals surface area contributed by atoms with Crippen molar-refractivity contribution >= 4 is 44.0 Å². The van der Waals surface area contributed by atoms with Gasteiger partial charge in [-0.3, -0.25) is 14.9 Å². The number of thiazole rings is 1. The van der Waals surface area contributed by atoms with Crippen LogP contribution in [0.2, 0.25) is 0 Å². The normalized spacial score (nSPS) is 18.0. The van der Waals surface area contributed by atoms with Crippen molar-refractivity contribution in [2.24, 2.45) is 5.92 Å². The highest BCUT2D eigenvalue weighted by molar-refractivity contribution is 7.88. The van der Waals surface area contributed by atoms with Crippen LogP contribution in [0.3, 0.4) is 0 Å². The van der Waals surface area contributed by atoms with Crippen LogP contribution < -0.4 is 10.6 Å². The fourth-order valence-corrected chi connectivity index (χ4v) is 4.30.